The molecule has 140 valence electrons. The van der Waals surface area contributed by atoms with E-state index in [1.54, 1.807) is 11.3 Å². The number of likely N-dealkylation sites (tertiary alicyclic amines) is 1. The summed E-state index contributed by atoms with van der Waals surface area (Å²) in [5.41, 5.74) is 2.33. The molecule has 2 aromatic rings. The molecule has 0 aliphatic carbocycles. The molecular weight excluding hydrogens is 358 g/mol. The Morgan fingerprint density at radius 2 is 1.92 bits per heavy atom. The molecule has 0 unspecified atom stereocenters. The summed E-state index contributed by atoms with van der Waals surface area (Å²) in [6.45, 7) is 7.68. The number of thiocarbonyl (C=S) groups is 1. The van der Waals surface area contributed by atoms with E-state index in [1.807, 2.05) is 0 Å². The van der Waals surface area contributed by atoms with Crippen molar-refractivity contribution in [1.29, 1.82) is 0 Å². The Balaban J connectivity index is 1.56. The third kappa shape index (κ3) is 6.08. The zero-order valence-corrected chi connectivity index (χ0v) is 17.2. The van der Waals surface area contributed by atoms with Gasteiger partial charge in [0.25, 0.3) is 0 Å². The Morgan fingerprint density at radius 3 is 2.62 bits per heavy atom. The summed E-state index contributed by atoms with van der Waals surface area (Å²) in [4.78, 5) is 6.27. The van der Waals surface area contributed by atoms with Crippen LogP contribution in [0.3, 0.4) is 0 Å². The van der Waals surface area contributed by atoms with Gasteiger partial charge in [-0.25, -0.2) is 0 Å². The zero-order chi connectivity index (χ0) is 18.2. The Hall–Kier alpha value is -1.43. The number of anilines is 1. The number of piperidine rings is 1. The first-order valence-corrected chi connectivity index (χ1v) is 10.9. The van der Waals surface area contributed by atoms with Crippen molar-refractivity contribution in [3.63, 3.8) is 0 Å². The van der Waals surface area contributed by atoms with E-state index >= 15 is 0 Å². The number of nitrogens with one attached hydrogen (secondary N) is 1. The number of nitrogens with zero attached hydrogens (tertiary/aromatic N) is 2. The third-order valence-corrected chi connectivity index (χ3v) is 6.09. The molecule has 1 N–H and O–H groups in total. The minimum absolute atomic E-state index is 0.820. The van der Waals surface area contributed by atoms with Gasteiger partial charge in [0, 0.05) is 17.1 Å². The fraction of sp³-hybridized carbons (Fsp3) is 0.476. The monoisotopic (exact) mass is 387 g/mol. The second-order valence-electron chi connectivity index (χ2n) is 7.05. The topological polar surface area (TPSA) is 18.5 Å². The number of thiophene rings is 1. The van der Waals surface area contributed by atoms with Crippen LogP contribution in [-0.2, 0) is 6.54 Å². The number of hydrogen-bond acceptors (Lipinski definition) is 3. The second kappa shape index (κ2) is 10.0. The van der Waals surface area contributed by atoms with Crippen molar-refractivity contribution in [1.82, 2.24) is 9.80 Å². The molecule has 0 atom stereocenters. The summed E-state index contributed by atoms with van der Waals surface area (Å²) in [5.74, 6) is 0. The van der Waals surface area contributed by atoms with Crippen LogP contribution in [-0.4, -0.2) is 41.1 Å². The van der Waals surface area contributed by atoms with E-state index in [-0.39, 0.29) is 0 Å². The quantitative estimate of drug-likeness (QED) is 0.664. The van der Waals surface area contributed by atoms with Gasteiger partial charge in [0.1, 0.15) is 0 Å². The van der Waals surface area contributed by atoms with Crippen LogP contribution in [0.5, 0.6) is 0 Å². The van der Waals surface area contributed by atoms with Gasteiger partial charge in [-0.3, -0.25) is 0 Å². The van der Waals surface area contributed by atoms with E-state index in [4.69, 9.17) is 12.2 Å². The van der Waals surface area contributed by atoms with Gasteiger partial charge in [0.2, 0.25) is 0 Å². The van der Waals surface area contributed by atoms with Crippen molar-refractivity contribution >= 4 is 34.4 Å². The normalized spacial score (nSPS) is 15.0. The highest BCUT2D eigenvalue weighted by atomic mass is 32.1. The van der Waals surface area contributed by atoms with E-state index in [0.717, 1.165) is 30.3 Å². The molecule has 1 aliphatic rings. The average Bonchev–Trinajstić information content (AvgIpc) is 3.17. The molecule has 0 bridgehead atoms. The highest BCUT2D eigenvalue weighted by molar-refractivity contribution is 7.80. The predicted octanol–water partition coefficient (Wildman–Crippen LogP) is 5.13. The van der Waals surface area contributed by atoms with Gasteiger partial charge in [0.15, 0.2) is 5.11 Å². The molecule has 2 heterocycles. The van der Waals surface area contributed by atoms with Gasteiger partial charge >= 0.3 is 0 Å². The van der Waals surface area contributed by atoms with Gasteiger partial charge in [-0.15, -0.1) is 11.3 Å². The first-order chi connectivity index (χ1) is 12.7. The number of hydrogen-bond donors (Lipinski definition) is 1. The van der Waals surface area contributed by atoms with Crippen molar-refractivity contribution in [3.05, 3.63) is 52.2 Å². The fourth-order valence-electron chi connectivity index (χ4n) is 3.35. The van der Waals surface area contributed by atoms with Crippen LogP contribution in [0.15, 0.2) is 41.8 Å². The molecule has 1 aromatic heterocycles. The Bertz CT molecular complexity index is 661. The maximum atomic E-state index is 5.74. The van der Waals surface area contributed by atoms with E-state index < -0.39 is 0 Å². The van der Waals surface area contributed by atoms with Crippen LogP contribution in [0.1, 0.15) is 36.1 Å². The first-order valence-electron chi connectivity index (χ1n) is 9.58. The molecule has 0 radical (unpaired) electrons. The molecular formula is C21H29N3S2. The molecule has 1 aliphatic heterocycles. The largest absolute Gasteiger partial charge is 0.344 e. The minimum Gasteiger partial charge on any atom is -0.344 e. The highest BCUT2D eigenvalue weighted by Crippen LogP contribution is 2.16. The fourth-order valence-corrected chi connectivity index (χ4v) is 4.34. The average molecular weight is 388 g/mol. The summed E-state index contributed by atoms with van der Waals surface area (Å²) in [5, 5.41) is 6.38. The standard InChI is InChI=1S/C21H29N3S2/c1-18-8-10-19(11-9-18)22-21(25)24(17-20-7-5-16-26-20)15-6-14-23-12-3-2-4-13-23/h5,7-11,16H,2-4,6,12-15,17H2,1H3,(H,22,25). The van der Waals surface area contributed by atoms with Crippen LogP contribution >= 0.6 is 23.6 Å². The maximum absolute atomic E-state index is 5.74. The molecule has 3 nitrogen and oxygen atoms in total. The van der Waals surface area contributed by atoms with Crippen molar-refractivity contribution in [2.45, 2.75) is 39.2 Å². The molecule has 0 amide bonds. The first kappa shape index (κ1) is 19.3. The zero-order valence-electron chi connectivity index (χ0n) is 15.6. The van der Waals surface area contributed by atoms with Crippen LogP contribution in [0.2, 0.25) is 0 Å². The summed E-state index contributed by atoms with van der Waals surface area (Å²) in [7, 11) is 0. The van der Waals surface area contributed by atoms with Gasteiger partial charge in [0.05, 0.1) is 6.54 Å². The highest BCUT2D eigenvalue weighted by Gasteiger charge is 2.14. The Labute approximate surface area is 167 Å². The van der Waals surface area contributed by atoms with Crippen LogP contribution in [0.25, 0.3) is 0 Å². The molecule has 0 saturated carbocycles. The van der Waals surface area contributed by atoms with Crippen LogP contribution in [0, 0.1) is 6.92 Å². The van der Waals surface area contributed by atoms with Crippen LogP contribution in [0.4, 0.5) is 5.69 Å². The Morgan fingerprint density at radius 1 is 1.15 bits per heavy atom. The molecule has 5 heteroatoms. The van der Waals surface area contributed by atoms with Crippen LogP contribution < -0.4 is 5.32 Å². The van der Waals surface area contributed by atoms with Crippen molar-refractivity contribution in [2.75, 3.05) is 31.5 Å². The molecule has 26 heavy (non-hydrogen) atoms. The maximum Gasteiger partial charge on any atom is 0.173 e. The Kier molecular flexibility index (Phi) is 7.47. The third-order valence-electron chi connectivity index (χ3n) is 4.87. The number of rotatable bonds is 7. The SMILES string of the molecule is Cc1ccc(NC(=S)N(CCCN2CCCCC2)Cc2cccs2)cc1. The van der Waals surface area contributed by atoms with E-state index in [1.165, 1.54) is 49.3 Å². The van der Waals surface area contributed by atoms with Gasteiger partial charge in [-0.2, -0.15) is 0 Å². The van der Waals surface area contributed by atoms with Crippen molar-refractivity contribution < 1.29 is 0 Å². The van der Waals surface area contributed by atoms with Gasteiger partial charge in [-0.1, -0.05) is 30.2 Å². The summed E-state index contributed by atoms with van der Waals surface area (Å²) >= 11 is 7.54. The summed E-state index contributed by atoms with van der Waals surface area (Å²) < 4.78 is 0. The van der Waals surface area contributed by atoms with Crippen molar-refractivity contribution in [2.24, 2.45) is 0 Å². The molecule has 1 fully saturated rings. The molecule has 1 saturated heterocycles. The second-order valence-corrected chi connectivity index (χ2v) is 8.47. The summed E-state index contributed by atoms with van der Waals surface area (Å²) in [6.07, 6.45) is 5.26. The minimum atomic E-state index is 0.820. The lowest BCUT2D eigenvalue weighted by atomic mass is 10.1. The van der Waals surface area contributed by atoms with Gasteiger partial charge in [-0.05, 0) is 81.6 Å². The predicted molar refractivity (Wildman–Crippen MR) is 117 cm³/mol. The molecule has 3 rings (SSSR count). The van der Waals surface area contributed by atoms with E-state index in [0.29, 0.717) is 0 Å². The molecule has 0 spiro atoms. The smallest absolute Gasteiger partial charge is 0.173 e. The molecule has 1 aromatic carbocycles. The lowest BCUT2D eigenvalue weighted by molar-refractivity contribution is 0.218. The van der Waals surface area contributed by atoms with Gasteiger partial charge < -0.3 is 15.1 Å². The lowest BCUT2D eigenvalue weighted by Crippen LogP contribution is -2.37. The number of benzene rings is 1. The number of aryl methyl sites for hydroxylation is 1. The lowest BCUT2D eigenvalue weighted by Gasteiger charge is -2.29. The van der Waals surface area contributed by atoms with Crippen molar-refractivity contribution in [3.8, 4) is 0 Å². The van der Waals surface area contributed by atoms with E-state index in [9.17, 15) is 0 Å². The van der Waals surface area contributed by atoms with E-state index in [2.05, 4.69) is 63.8 Å². The summed E-state index contributed by atoms with van der Waals surface area (Å²) in [6, 6.07) is 12.7.